The van der Waals surface area contributed by atoms with Gasteiger partial charge in [0.15, 0.2) is 0 Å². The number of halogens is 1. The maximum atomic E-state index is 12.5. The highest BCUT2D eigenvalue weighted by molar-refractivity contribution is 6.30. The fourth-order valence-electron chi connectivity index (χ4n) is 2.96. The van der Waals surface area contributed by atoms with Gasteiger partial charge >= 0.3 is 5.69 Å². The lowest BCUT2D eigenvalue weighted by Gasteiger charge is -2.32. The van der Waals surface area contributed by atoms with Crippen LogP contribution in [0, 0.1) is 0 Å². The van der Waals surface area contributed by atoms with Crippen LogP contribution in [0.25, 0.3) is 0 Å². The van der Waals surface area contributed by atoms with Crippen LogP contribution in [-0.4, -0.2) is 33.6 Å². The molecule has 0 radical (unpaired) electrons. The molecule has 0 spiro atoms. The molecule has 0 bridgehead atoms. The fraction of sp³-hybridized carbons (Fsp3) is 0.733. The summed E-state index contributed by atoms with van der Waals surface area (Å²) in [4.78, 5) is 29.4. The second-order valence-corrected chi connectivity index (χ2v) is 6.21. The summed E-state index contributed by atoms with van der Waals surface area (Å²) in [5.41, 5.74) is -0.132. The zero-order valence-electron chi connectivity index (χ0n) is 12.8. The first kappa shape index (κ1) is 16.3. The molecule has 21 heavy (non-hydrogen) atoms. The first-order valence-corrected chi connectivity index (χ1v) is 8.18. The van der Waals surface area contributed by atoms with Crippen molar-refractivity contribution in [2.75, 3.05) is 13.1 Å². The number of piperidine rings is 1. The summed E-state index contributed by atoms with van der Waals surface area (Å²) in [5.74, 6) is 0. The van der Waals surface area contributed by atoms with Gasteiger partial charge in [-0.2, -0.15) is 0 Å². The number of H-pyrrole nitrogens is 1. The zero-order chi connectivity index (χ0) is 15.4. The van der Waals surface area contributed by atoms with E-state index in [1.54, 1.807) is 0 Å². The molecule has 1 unspecified atom stereocenters. The Labute approximate surface area is 129 Å². The number of rotatable bonds is 5. The molecule has 6 heteroatoms. The monoisotopic (exact) mass is 313 g/mol. The highest BCUT2D eigenvalue weighted by atomic mass is 35.5. The SMILES string of the molecule is CCCc1c(Cl)[nH]c(=O)n(CC(C)N2CCCCC2)c1=O. The minimum absolute atomic E-state index is 0.180. The Morgan fingerprint density at radius 2 is 1.90 bits per heavy atom. The molecule has 2 rings (SSSR count). The van der Waals surface area contributed by atoms with E-state index >= 15 is 0 Å². The van der Waals surface area contributed by atoms with E-state index in [4.69, 9.17) is 11.6 Å². The van der Waals surface area contributed by atoms with Gasteiger partial charge in [0.05, 0.1) is 5.56 Å². The van der Waals surface area contributed by atoms with Crippen LogP contribution in [0.15, 0.2) is 9.59 Å². The molecule has 1 aromatic heterocycles. The van der Waals surface area contributed by atoms with Gasteiger partial charge in [0, 0.05) is 12.6 Å². The minimum atomic E-state index is -0.409. The van der Waals surface area contributed by atoms with Gasteiger partial charge in [-0.1, -0.05) is 31.4 Å². The molecule has 1 atom stereocenters. The lowest BCUT2D eigenvalue weighted by molar-refractivity contribution is 0.157. The second-order valence-electron chi connectivity index (χ2n) is 5.83. The summed E-state index contributed by atoms with van der Waals surface area (Å²) in [5, 5.41) is 0.189. The number of aromatic amines is 1. The second kappa shape index (κ2) is 7.27. The van der Waals surface area contributed by atoms with Gasteiger partial charge in [-0.25, -0.2) is 4.79 Å². The maximum Gasteiger partial charge on any atom is 0.329 e. The van der Waals surface area contributed by atoms with Crippen LogP contribution >= 0.6 is 11.6 Å². The van der Waals surface area contributed by atoms with Gasteiger partial charge in [0.2, 0.25) is 0 Å². The summed E-state index contributed by atoms with van der Waals surface area (Å²) in [6.07, 6.45) is 5.06. The normalized spacial score (nSPS) is 17.9. The molecule has 0 aliphatic carbocycles. The van der Waals surface area contributed by atoms with E-state index < -0.39 is 5.69 Å². The number of hydrogen-bond acceptors (Lipinski definition) is 3. The van der Waals surface area contributed by atoms with Gasteiger partial charge in [-0.3, -0.25) is 19.2 Å². The third kappa shape index (κ3) is 3.77. The summed E-state index contributed by atoms with van der Waals surface area (Å²) in [7, 11) is 0. The molecule has 1 aromatic rings. The molecule has 1 fully saturated rings. The van der Waals surface area contributed by atoms with E-state index in [1.807, 2.05) is 6.92 Å². The van der Waals surface area contributed by atoms with Gasteiger partial charge in [-0.15, -0.1) is 0 Å². The molecule has 118 valence electrons. The van der Waals surface area contributed by atoms with Crippen molar-refractivity contribution in [3.05, 3.63) is 31.6 Å². The average Bonchev–Trinajstić information content (AvgIpc) is 2.48. The summed E-state index contributed by atoms with van der Waals surface area (Å²) < 4.78 is 1.30. The fourth-order valence-corrected chi connectivity index (χ4v) is 3.21. The van der Waals surface area contributed by atoms with Crippen molar-refractivity contribution in [2.45, 2.75) is 58.5 Å². The Kier molecular flexibility index (Phi) is 5.65. The Bertz CT molecular complexity index is 588. The van der Waals surface area contributed by atoms with Crippen LogP contribution in [0.3, 0.4) is 0 Å². The summed E-state index contributed by atoms with van der Waals surface area (Å²) in [6.45, 7) is 6.57. The van der Waals surface area contributed by atoms with E-state index in [2.05, 4.69) is 16.8 Å². The molecular formula is C15H24ClN3O2. The van der Waals surface area contributed by atoms with Gasteiger partial charge in [-0.05, 0) is 39.3 Å². The lowest BCUT2D eigenvalue weighted by Crippen LogP contribution is -2.46. The van der Waals surface area contributed by atoms with Gasteiger partial charge in [0.1, 0.15) is 5.15 Å². The van der Waals surface area contributed by atoms with E-state index in [9.17, 15) is 9.59 Å². The van der Waals surface area contributed by atoms with Crippen molar-refractivity contribution < 1.29 is 0 Å². The third-order valence-corrected chi connectivity index (χ3v) is 4.51. The molecule has 2 heterocycles. The van der Waals surface area contributed by atoms with Crippen molar-refractivity contribution in [3.8, 4) is 0 Å². The first-order valence-electron chi connectivity index (χ1n) is 7.80. The zero-order valence-corrected chi connectivity index (χ0v) is 13.6. The summed E-state index contributed by atoms with van der Waals surface area (Å²) in [6, 6.07) is 0.180. The quantitative estimate of drug-likeness (QED) is 0.846. The number of aromatic nitrogens is 2. The Hall–Kier alpha value is -1.07. The summed E-state index contributed by atoms with van der Waals surface area (Å²) >= 11 is 5.99. The van der Waals surface area contributed by atoms with Crippen LogP contribution in [0.4, 0.5) is 0 Å². The van der Waals surface area contributed by atoms with E-state index in [0.717, 1.165) is 19.5 Å². The van der Waals surface area contributed by atoms with Crippen LogP contribution in [0.1, 0.15) is 45.1 Å². The van der Waals surface area contributed by atoms with Crippen molar-refractivity contribution in [1.29, 1.82) is 0 Å². The van der Waals surface area contributed by atoms with Crippen molar-refractivity contribution in [2.24, 2.45) is 0 Å². The minimum Gasteiger partial charge on any atom is -0.299 e. The molecule has 1 N–H and O–H groups in total. The van der Waals surface area contributed by atoms with Crippen LogP contribution in [0.5, 0.6) is 0 Å². The topological polar surface area (TPSA) is 58.1 Å². The predicted octanol–water partition coefficient (Wildman–Crippen LogP) is 2.02. The largest absolute Gasteiger partial charge is 0.329 e. The standard InChI is InChI=1S/C15H24ClN3O2/c1-3-7-12-13(16)17-15(21)19(14(12)20)10-11(2)18-8-5-4-6-9-18/h11H,3-10H2,1-2H3,(H,17,21). The maximum absolute atomic E-state index is 12.5. The molecular weight excluding hydrogens is 290 g/mol. The van der Waals surface area contributed by atoms with E-state index in [-0.39, 0.29) is 16.8 Å². The van der Waals surface area contributed by atoms with Gasteiger partial charge < -0.3 is 0 Å². The Balaban J connectivity index is 2.24. The Morgan fingerprint density at radius 3 is 2.52 bits per heavy atom. The molecule has 1 aliphatic heterocycles. The molecule has 0 saturated carbocycles. The number of likely N-dealkylation sites (tertiary alicyclic amines) is 1. The first-order chi connectivity index (χ1) is 10.0. The molecule has 1 saturated heterocycles. The molecule has 0 aromatic carbocycles. The highest BCUT2D eigenvalue weighted by Crippen LogP contribution is 2.13. The van der Waals surface area contributed by atoms with E-state index in [1.165, 1.54) is 23.8 Å². The average molecular weight is 314 g/mol. The van der Waals surface area contributed by atoms with Gasteiger partial charge in [0.25, 0.3) is 5.56 Å². The molecule has 0 amide bonds. The van der Waals surface area contributed by atoms with Crippen LogP contribution < -0.4 is 11.2 Å². The lowest BCUT2D eigenvalue weighted by atomic mass is 10.1. The third-order valence-electron chi connectivity index (χ3n) is 4.19. The smallest absolute Gasteiger partial charge is 0.299 e. The molecule has 5 nitrogen and oxygen atoms in total. The number of hydrogen-bond donors (Lipinski definition) is 1. The number of nitrogens with zero attached hydrogens (tertiary/aromatic N) is 2. The van der Waals surface area contributed by atoms with Crippen molar-refractivity contribution in [3.63, 3.8) is 0 Å². The van der Waals surface area contributed by atoms with Crippen LogP contribution in [0.2, 0.25) is 5.15 Å². The van der Waals surface area contributed by atoms with Crippen LogP contribution in [-0.2, 0) is 13.0 Å². The number of nitrogens with one attached hydrogen (secondary N) is 1. The predicted molar refractivity (Wildman–Crippen MR) is 85.2 cm³/mol. The van der Waals surface area contributed by atoms with Crippen molar-refractivity contribution >= 4 is 11.6 Å². The molecule has 1 aliphatic rings. The highest BCUT2D eigenvalue weighted by Gasteiger charge is 2.20. The van der Waals surface area contributed by atoms with E-state index in [0.29, 0.717) is 18.5 Å². The van der Waals surface area contributed by atoms with Crippen molar-refractivity contribution in [1.82, 2.24) is 14.5 Å². The Morgan fingerprint density at radius 1 is 1.24 bits per heavy atom.